The summed E-state index contributed by atoms with van der Waals surface area (Å²) in [6, 6.07) is 0. The number of hydrogen-bond donors (Lipinski definition) is 4. The Kier molecular flexibility index (Phi) is 4.06. The van der Waals surface area contributed by atoms with E-state index in [0.717, 1.165) is 0 Å². The Labute approximate surface area is 75.4 Å². The van der Waals surface area contributed by atoms with Crippen molar-refractivity contribution in [1.29, 1.82) is 0 Å². The standard InChI is InChI=1S/C6H13O6P/c1-2-3-6(9,4-5(7)8)13(10,11)12/h9H,2-4H2,1H3,(H,7,8)(H2,10,11,12). The highest BCUT2D eigenvalue weighted by Gasteiger charge is 2.45. The molecule has 0 heterocycles. The van der Waals surface area contributed by atoms with E-state index in [9.17, 15) is 14.5 Å². The third-order valence-electron chi connectivity index (χ3n) is 1.63. The Bertz CT molecular complexity index is 233. The molecule has 0 aliphatic heterocycles. The van der Waals surface area contributed by atoms with Gasteiger partial charge in [-0.25, -0.2) is 0 Å². The fourth-order valence-electron chi connectivity index (χ4n) is 0.980. The molecule has 0 aromatic rings. The third kappa shape index (κ3) is 3.44. The van der Waals surface area contributed by atoms with Crippen molar-refractivity contribution < 1.29 is 29.4 Å². The second-order valence-corrected chi connectivity index (χ2v) is 4.77. The summed E-state index contributed by atoms with van der Waals surface area (Å²) in [7, 11) is -4.78. The van der Waals surface area contributed by atoms with E-state index in [1.165, 1.54) is 0 Å². The molecule has 4 N–H and O–H groups in total. The maximum atomic E-state index is 10.8. The van der Waals surface area contributed by atoms with Crippen molar-refractivity contribution >= 4 is 13.6 Å². The van der Waals surface area contributed by atoms with Crippen molar-refractivity contribution in [3.8, 4) is 0 Å². The van der Waals surface area contributed by atoms with Crippen LogP contribution in [0.5, 0.6) is 0 Å². The lowest BCUT2D eigenvalue weighted by atomic mass is 10.1. The molecular weight excluding hydrogens is 199 g/mol. The van der Waals surface area contributed by atoms with Crippen LogP contribution in [0.2, 0.25) is 0 Å². The highest BCUT2D eigenvalue weighted by molar-refractivity contribution is 7.53. The van der Waals surface area contributed by atoms with Gasteiger partial charge in [-0.15, -0.1) is 0 Å². The number of carbonyl (C=O) groups is 1. The van der Waals surface area contributed by atoms with Crippen molar-refractivity contribution in [3.63, 3.8) is 0 Å². The predicted octanol–water partition coefficient (Wildman–Crippen LogP) is 0.127. The Morgan fingerprint density at radius 3 is 2.15 bits per heavy atom. The maximum Gasteiger partial charge on any atom is 0.357 e. The van der Waals surface area contributed by atoms with Crippen LogP contribution in [0.3, 0.4) is 0 Å². The zero-order valence-corrected chi connectivity index (χ0v) is 8.07. The minimum absolute atomic E-state index is 0.233. The molecule has 6 nitrogen and oxygen atoms in total. The molecule has 0 spiro atoms. The first-order valence-electron chi connectivity index (χ1n) is 3.73. The van der Waals surface area contributed by atoms with Gasteiger partial charge >= 0.3 is 13.6 Å². The van der Waals surface area contributed by atoms with Crippen molar-refractivity contribution in [2.75, 3.05) is 0 Å². The molecule has 13 heavy (non-hydrogen) atoms. The molecule has 0 amide bonds. The molecule has 0 saturated heterocycles. The molecule has 1 atom stereocenters. The first-order chi connectivity index (χ1) is 5.73. The molecule has 1 unspecified atom stereocenters. The molecule has 0 aromatic heterocycles. The zero-order chi connectivity index (χ0) is 10.7. The summed E-state index contributed by atoms with van der Waals surface area (Å²) >= 11 is 0. The summed E-state index contributed by atoms with van der Waals surface area (Å²) in [5, 5.41) is 15.3. The van der Waals surface area contributed by atoms with Gasteiger partial charge in [-0.3, -0.25) is 9.36 Å². The predicted molar refractivity (Wildman–Crippen MR) is 44.2 cm³/mol. The molecule has 0 bridgehead atoms. The minimum Gasteiger partial charge on any atom is -0.481 e. The SMILES string of the molecule is CCCC(O)(CC(=O)O)P(=O)(O)O. The van der Waals surface area contributed by atoms with E-state index < -0.39 is 25.3 Å². The van der Waals surface area contributed by atoms with Gasteiger partial charge < -0.3 is 20.0 Å². The van der Waals surface area contributed by atoms with Gasteiger partial charge in [0, 0.05) is 0 Å². The summed E-state index contributed by atoms with van der Waals surface area (Å²) in [5.41, 5.74) is 0. The van der Waals surface area contributed by atoms with Crippen molar-refractivity contribution in [2.24, 2.45) is 0 Å². The number of carboxylic acid groups (broad SMARTS) is 1. The highest BCUT2D eigenvalue weighted by atomic mass is 31.2. The average Bonchev–Trinajstić information content (AvgIpc) is 1.82. The van der Waals surface area contributed by atoms with Gasteiger partial charge in [0.05, 0.1) is 6.42 Å². The maximum absolute atomic E-state index is 10.8. The summed E-state index contributed by atoms with van der Waals surface area (Å²) in [6.45, 7) is 1.60. The lowest BCUT2D eigenvalue weighted by Gasteiger charge is -2.26. The fourth-order valence-corrected chi connectivity index (χ4v) is 1.84. The van der Waals surface area contributed by atoms with Gasteiger partial charge in [0.25, 0.3) is 0 Å². The molecule has 0 aliphatic rings. The number of aliphatic hydroxyl groups is 1. The van der Waals surface area contributed by atoms with Crippen LogP contribution < -0.4 is 0 Å². The van der Waals surface area contributed by atoms with Crippen LogP contribution in [0.25, 0.3) is 0 Å². The van der Waals surface area contributed by atoms with Crippen molar-refractivity contribution in [1.82, 2.24) is 0 Å². The van der Waals surface area contributed by atoms with Gasteiger partial charge in [-0.1, -0.05) is 13.3 Å². The van der Waals surface area contributed by atoms with Crippen LogP contribution in [0, 0.1) is 0 Å². The Morgan fingerprint density at radius 2 is 1.92 bits per heavy atom. The molecule has 0 radical (unpaired) electrons. The largest absolute Gasteiger partial charge is 0.481 e. The van der Waals surface area contributed by atoms with Crippen LogP contribution in [0.1, 0.15) is 26.2 Å². The van der Waals surface area contributed by atoms with Crippen LogP contribution in [0.15, 0.2) is 0 Å². The summed E-state index contributed by atoms with van der Waals surface area (Å²) < 4.78 is 10.8. The normalized spacial score (nSPS) is 16.6. The average molecular weight is 212 g/mol. The minimum atomic E-state index is -4.78. The molecule has 0 fully saturated rings. The van der Waals surface area contributed by atoms with Crippen molar-refractivity contribution in [2.45, 2.75) is 31.5 Å². The van der Waals surface area contributed by atoms with E-state index in [1.807, 2.05) is 0 Å². The quantitative estimate of drug-likeness (QED) is 0.481. The molecular formula is C6H13O6P. The van der Waals surface area contributed by atoms with Crippen LogP contribution in [-0.2, 0) is 9.36 Å². The Hall–Kier alpha value is -0.420. The zero-order valence-electron chi connectivity index (χ0n) is 7.17. The number of hydrogen-bond acceptors (Lipinski definition) is 3. The first kappa shape index (κ1) is 12.6. The Balaban J connectivity index is 4.73. The highest BCUT2D eigenvalue weighted by Crippen LogP contribution is 2.53. The molecule has 0 aliphatic carbocycles. The lowest BCUT2D eigenvalue weighted by molar-refractivity contribution is -0.140. The first-order valence-corrected chi connectivity index (χ1v) is 5.34. The van der Waals surface area contributed by atoms with Crippen LogP contribution >= 0.6 is 7.60 Å². The fraction of sp³-hybridized carbons (Fsp3) is 0.833. The smallest absolute Gasteiger partial charge is 0.357 e. The summed E-state index contributed by atoms with van der Waals surface area (Å²) in [6.07, 6.45) is -0.871. The second-order valence-electron chi connectivity index (χ2n) is 2.85. The van der Waals surface area contributed by atoms with Gasteiger partial charge in [0.1, 0.15) is 0 Å². The Morgan fingerprint density at radius 1 is 1.46 bits per heavy atom. The van der Waals surface area contributed by atoms with Gasteiger partial charge in [0.2, 0.25) is 0 Å². The molecule has 7 heteroatoms. The molecule has 78 valence electrons. The van der Waals surface area contributed by atoms with Gasteiger partial charge in [0.15, 0.2) is 5.34 Å². The van der Waals surface area contributed by atoms with Crippen LogP contribution in [-0.4, -0.2) is 31.3 Å². The molecule has 0 rings (SSSR count). The molecule has 0 aromatic carbocycles. The topological polar surface area (TPSA) is 115 Å². The number of rotatable bonds is 5. The third-order valence-corrected chi connectivity index (χ3v) is 3.09. The summed E-state index contributed by atoms with van der Waals surface area (Å²) in [5.74, 6) is -1.43. The van der Waals surface area contributed by atoms with Crippen LogP contribution in [0.4, 0.5) is 0 Å². The van der Waals surface area contributed by atoms with E-state index in [4.69, 9.17) is 14.9 Å². The van der Waals surface area contributed by atoms with Gasteiger partial charge in [-0.2, -0.15) is 0 Å². The van der Waals surface area contributed by atoms with E-state index in [0.29, 0.717) is 6.42 Å². The number of carboxylic acids is 1. The van der Waals surface area contributed by atoms with E-state index in [-0.39, 0.29) is 6.42 Å². The monoisotopic (exact) mass is 212 g/mol. The molecule has 0 saturated carbocycles. The number of aliphatic carboxylic acids is 1. The van der Waals surface area contributed by atoms with E-state index >= 15 is 0 Å². The van der Waals surface area contributed by atoms with Gasteiger partial charge in [-0.05, 0) is 6.42 Å². The van der Waals surface area contributed by atoms with Crippen molar-refractivity contribution in [3.05, 3.63) is 0 Å². The van der Waals surface area contributed by atoms with E-state index in [2.05, 4.69) is 0 Å². The lowest BCUT2D eigenvalue weighted by Crippen LogP contribution is -2.31. The van der Waals surface area contributed by atoms with E-state index in [1.54, 1.807) is 6.92 Å². The second kappa shape index (κ2) is 4.19. The summed E-state index contributed by atoms with van der Waals surface area (Å²) in [4.78, 5) is 27.7.